The Morgan fingerprint density at radius 1 is 1.26 bits per heavy atom. The van der Waals surface area contributed by atoms with Crippen molar-refractivity contribution in [2.75, 3.05) is 39.3 Å². The van der Waals surface area contributed by atoms with Crippen LogP contribution in [0.2, 0.25) is 0 Å². The van der Waals surface area contributed by atoms with Crippen LogP contribution in [0.25, 0.3) is 0 Å². The minimum Gasteiger partial charge on any atom is -0.424 e. The largest absolute Gasteiger partial charge is 0.509 e. The maximum atomic E-state index is 13.7. The third-order valence-electron chi connectivity index (χ3n) is 7.69. The minimum atomic E-state index is -1.14. The molecule has 5 aliphatic rings. The summed E-state index contributed by atoms with van der Waals surface area (Å²) < 4.78 is 42.7. The number of nitrogens with zero attached hydrogens (tertiary/aromatic N) is 3. The number of carbonyl (C=O) groups is 2. The molecule has 5 aliphatic heterocycles. The van der Waals surface area contributed by atoms with Gasteiger partial charge in [-0.2, -0.15) is 5.26 Å². The zero-order valence-electron chi connectivity index (χ0n) is 20.3. The molecule has 5 heterocycles. The molecule has 6 atom stereocenters. The number of halogens is 1. The lowest BCUT2D eigenvalue weighted by Crippen LogP contribution is -2.64. The van der Waals surface area contributed by atoms with Gasteiger partial charge >= 0.3 is 6.16 Å². The van der Waals surface area contributed by atoms with Crippen LogP contribution in [-0.4, -0.2) is 109 Å². The lowest BCUT2D eigenvalue weighted by atomic mass is 9.88. The summed E-state index contributed by atoms with van der Waals surface area (Å²) in [5, 5.41) is 12.5. The number of ether oxygens (including phenoxy) is 5. The van der Waals surface area contributed by atoms with E-state index in [0.717, 1.165) is 25.9 Å². The Hall–Kier alpha value is -2.04. The maximum Gasteiger partial charge on any atom is 0.509 e. The summed E-state index contributed by atoms with van der Waals surface area (Å²) in [6.45, 7) is 7.77. The molecule has 0 aromatic carbocycles. The van der Waals surface area contributed by atoms with E-state index in [1.54, 1.807) is 13.8 Å². The highest BCUT2D eigenvalue weighted by Crippen LogP contribution is 2.46. The zero-order chi connectivity index (χ0) is 25.0. The van der Waals surface area contributed by atoms with Gasteiger partial charge in [0.05, 0.1) is 32.3 Å². The molecule has 0 bridgehead atoms. The number of hydrogen-bond acceptors (Lipinski definition) is 10. The molecule has 5 rings (SSSR count). The van der Waals surface area contributed by atoms with Crippen molar-refractivity contribution in [2.24, 2.45) is 0 Å². The normalized spacial score (nSPS) is 39.9. The average molecular weight is 497 g/mol. The van der Waals surface area contributed by atoms with Crippen molar-refractivity contribution in [1.82, 2.24) is 15.1 Å². The predicted molar refractivity (Wildman–Crippen MR) is 117 cm³/mol. The molecular formula is C23H33FN4O7. The van der Waals surface area contributed by atoms with E-state index in [1.807, 2.05) is 6.07 Å². The quantitative estimate of drug-likeness (QED) is 0.544. The van der Waals surface area contributed by atoms with Crippen molar-refractivity contribution in [3.8, 4) is 6.07 Å². The number of fused-ring (bicyclic) bond motifs is 3. The third-order valence-corrected chi connectivity index (χ3v) is 7.69. The Morgan fingerprint density at radius 2 is 2.00 bits per heavy atom. The molecule has 1 N–H and O–H groups in total. The summed E-state index contributed by atoms with van der Waals surface area (Å²) in [6.07, 6.45) is -1.98. The maximum absolute atomic E-state index is 13.7. The first-order valence-corrected chi connectivity index (χ1v) is 12.2. The van der Waals surface area contributed by atoms with E-state index in [-0.39, 0.29) is 37.6 Å². The fourth-order valence-corrected chi connectivity index (χ4v) is 5.77. The number of nitrogens with one attached hydrogen (secondary N) is 1. The summed E-state index contributed by atoms with van der Waals surface area (Å²) in [5.41, 5.74) is -0.278. The lowest BCUT2D eigenvalue weighted by Gasteiger charge is -2.46. The van der Waals surface area contributed by atoms with Crippen LogP contribution in [0.3, 0.4) is 0 Å². The number of carbonyl (C=O) groups excluding carboxylic acids is 2. The van der Waals surface area contributed by atoms with E-state index in [1.165, 1.54) is 4.90 Å². The third kappa shape index (κ3) is 4.72. The van der Waals surface area contributed by atoms with Gasteiger partial charge in [-0.25, -0.2) is 9.18 Å². The highest BCUT2D eigenvalue weighted by molar-refractivity contribution is 5.79. The van der Waals surface area contributed by atoms with E-state index in [2.05, 4.69) is 17.1 Å². The Balaban J connectivity index is 1.17. The van der Waals surface area contributed by atoms with Crippen molar-refractivity contribution >= 4 is 12.1 Å². The zero-order valence-corrected chi connectivity index (χ0v) is 20.3. The van der Waals surface area contributed by atoms with Crippen LogP contribution in [0.4, 0.5) is 9.18 Å². The molecule has 0 radical (unpaired) electrons. The Labute approximate surface area is 203 Å². The van der Waals surface area contributed by atoms with Crippen LogP contribution in [0.1, 0.15) is 40.0 Å². The Bertz CT molecular complexity index is 905. The number of nitriles is 1. The summed E-state index contributed by atoms with van der Waals surface area (Å²) in [4.78, 5) is 27.9. The Morgan fingerprint density at radius 3 is 2.71 bits per heavy atom. The van der Waals surface area contributed by atoms with Crippen LogP contribution in [0.15, 0.2) is 0 Å². The van der Waals surface area contributed by atoms with E-state index in [4.69, 9.17) is 23.7 Å². The van der Waals surface area contributed by atoms with Gasteiger partial charge in [-0.3, -0.25) is 9.69 Å². The second kappa shape index (κ2) is 8.81. The average Bonchev–Trinajstić information content (AvgIpc) is 3.45. The summed E-state index contributed by atoms with van der Waals surface area (Å²) in [5.74, 6) is -2.24. The highest BCUT2D eigenvalue weighted by Gasteiger charge is 2.65. The molecule has 0 aromatic rings. The molecule has 5 saturated heterocycles. The summed E-state index contributed by atoms with van der Waals surface area (Å²) in [7, 11) is 0. The smallest absolute Gasteiger partial charge is 0.424 e. The van der Waals surface area contributed by atoms with Crippen LogP contribution in [0, 0.1) is 11.3 Å². The van der Waals surface area contributed by atoms with E-state index in [9.17, 15) is 19.2 Å². The molecule has 0 spiro atoms. The molecule has 1 amide bonds. The molecule has 35 heavy (non-hydrogen) atoms. The topological polar surface area (TPSA) is 123 Å². The molecule has 5 fully saturated rings. The molecule has 11 nitrogen and oxygen atoms in total. The number of likely N-dealkylation sites (tertiary alicyclic amines) is 2. The van der Waals surface area contributed by atoms with E-state index < -0.39 is 48.3 Å². The van der Waals surface area contributed by atoms with Gasteiger partial charge in [0.15, 0.2) is 24.1 Å². The second-order valence-electron chi connectivity index (χ2n) is 10.9. The van der Waals surface area contributed by atoms with Crippen LogP contribution in [0.5, 0.6) is 0 Å². The van der Waals surface area contributed by atoms with Gasteiger partial charge in [0.2, 0.25) is 11.7 Å². The van der Waals surface area contributed by atoms with Crippen LogP contribution >= 0.6 is 0 Å². The first kappa shape index (κ1) is 24.6. The molecule has 1 unspecified atom stereocenters. The van der Waals surface area contributed by atoms with Gasteiger partial charge in [-0.05, 0) is 33.6 Å². The Kier molecular flexibility index (Phi) is 6.21. The number of amides is 1. The monoisotopic (exact) mass is 496 g/mol. The molecular weight excluding hydrogens is 463 g/mol. The van der Waals surface area contributed by atoms with Crippen molar-refractivity contribution < 1.29 is 37.7 Å². The lowest BCUT2D eigenvalue weighted by molar-refractivity contribution is -0.287. The van der Waals surface area contributed by atoms with Gasteiger partial charge < -0.3 is 33.9 Å². The molecule has 0 aromatic heterocycles. The first-order chi connectivity index (χ1) is 16.5. The minimum absolute atomic E-state index is 0.0207. The van der Waals surface area contributed by atoms with E-state index >= 15 is 0 Å². The number of rotatable bonds is 5. The number of hydrogen-bond donors (Lipinski definition) is 1. The second-order valence-corrected chi connectivity index (χ2v) is 10.9. The van der Waals surface area contributed by atoms with Gasteiger partial charge in [-0.1, -0.05) is 0 Å². The van der Waals surface area contributed by atoms with Crippen LogP contribution < -0.4 is 5.32 Å². The summed E-state index contributed by atoms with van der Waals surface area (Å²) in [6, 6.07) is 1.32. The first-order valence-electron chi connectivity index (χ1n) is 12.2. The van der Waals surface area contributed by atoms with Crippen molar-refractivity contribution in [2.45, 2.75) is 87.7 Å². The molecule has 194 valence electrons. The number of piperidine rings is 1. The van der Waals surface area contributed by atoms with Gasteiger partial charge in [-0.15, -0.1) is 0 Å². The van der Waals surface area contributed by atoms with Gasteiger partial charge in [0.25, 0.3) is 0 Å². The highest BCUT2D eigenvalue weighted by atomic mass is 19.1. The fraction of sp³-hybridized carbons (Fsp3) is 0.870. The predicted octanol–water partition coefficient (Wildman–Crippen LogP) is 0.675. The van der Waals surface area contributed by atoms with Gasteiger partial charge in [0.1, 0.15) is 12.2 Å². The summed E-state index contributed by atoms with van der Waals surface area (Å²) >= 11 is 0. The molecule has 0 aliphatic carbocycles. The van der Waals surface area contributed by atoms with E-state index in [0.29, 0.717) is 6.54 Å². The number of alkyl halides is 1. The molecule has 0 saturated carbocycles. The fourth-order valence-electron chi connectivity index (χ4n) is 5.77. The van der Waals surface area contributed by atoms with Crippen molar-refractivity contribution in [1.29, 1.82) is 5.26 Å². The molecule has 12 heteroatoms. The standard InChI is InChI=1S/C23H33FN4O7/c1-21(2)34-19-18-16(32-20(30)33-18)12-31-23(19,35-21)13-27-6-4-22(3,5-7-27)26-10-17(29)28-11-14(24)8-15(28)9-25/h14-16,18-19,26H,4-8,10-13H2,1-3H3/t14?,15-,16+,18+,19-,23-/m0/s1. The van der Waals surface area contributed by atoms with Crippen molar-refractivity contribution in [3.63, 3.8) is 0 Å². The SMILES string of the molecule is CC1(NCC(=O)N2CC(F)C[C@H]2C#N)CCN(C[C@@]23OC[C@H]4OC(=O)O[C@H]4[C@@H]2OC(C)(C)O3)CC1. The van der Waals surface area contributed by atoms with Crippen LogP contribution in [-0.2, 0) is 28.5 Å². The van der Waals surface area contributed by atoms with Gasteiger partial charge in [0, 0.05) is 25.0 Å². The van der Waals surface area contributed by atoms with Crippen molar-refractivity contribution in [3.05, 3.63) is 0 Å².